The maximum Gasteiger partial charge on any atom is 0.324 e. The highest BCUT2D eigenvalue weighted by molar-refractivity contribution is 8.02. The van der Waals surface area contributed by atoms with Gasteiger partial charge in [0.1, 0.15) is 5.54 Å². The van der Waals surface area contributed by atoms with E-state index in [0.717, 1.165) is 0 Å². The summed E-state index contributed by atoms with van der Waals surface area (Å²) in [4.78, 5) is 11.2. The van der Waals surface area contributed by atoms with Crippen molar-refractivity contribution in [2.24, 2.45) is 11.5 Å². The Hall–Kier alpha value is -0.260. The Morgan fingerprint density at radius 1 is 0.941 bits per heavy atom. The van der Waals surface area contributed by atoms with Gasteiger partial charge in [0.2, 0.25) is 0 Å². The van der Waals surface area contributed by atoms with Gasteiger partial charge in [-0.3, -0.25) is 4.79 Å². The van der Waals surface area contributed by atoms with Crippen LogP contribution in [0.5, 0.6) is 0 Å². The summed E-state index contributed by atoms with van der Waals surface area (Å²) in [6.07, 6.45) is 0. The van der Waals surface area contributed by atoms with Gasteiger partial charge in [0.25, 0.3) is 0 Å². The molecule has 0 heterocycles. The fourth-order valence-electron chi connectivity index (χ4n) is 1.13. The van der Waals surface area contributed by atoms with Crippen molar-refractivity contribution in [2.75, 3.05) is 0 Å². The van der Waals surface area contributed by atoms with Crippen LogP contribution in [0.25, 0.3) is 0 Å². The van der Waals surface area contributed by atoms with Gasteiger partial charge in [-0.2, -0.15) is 0 Å². The van der Waals surface area contributed by atoms with Gasteiger partial charge in [-0.25, -0.2) is 0 Å². The highest BCUT2D eigenvalue weighted by Crippen LogP contribution is 2.46. The second-order valence-corrected chi connectivity index (χ2v) is 8.60. The number of carboxylic acid groups (broad SMARTS) is 1. The third-order valence-electron chi connectivity index (χ3n) is 3.76. The molecule has 0 unspecified atom stereocenters. The number of thioether (sulfide) groups is 1. The summed E-state index contributed by atoms with van der Waals surface area (Å²) in [5.41, 5.74) is 10.3. The number of hydrogen-bond acceptors (Lipinski definition) is 4. The highest BCUT2D eigenvalue weighted by atomic mass is 32.2. The fraction of sp³-hybridized carbons (Fsp3) is 0.917. The van der Waals surface area contributed by atoms with Crippen molar-refractivity contribution in [3.63, 3.8) is 0 Å². The normalized spacial score (nSPS) is 17.7. The largest absolute Gasteiger partial charge is 0.480 e. The molecular weight excluding hydrogens is 236 g/mol. The molecule has 5 heteroatoms. The van der Waals surface area contributed by atoms with Crippen molar-refractivity contribution in [1.82, 2.24) is 0 Å². The van der Waals surface area contributed by atoms with E-state index in [4.69, 9.17) is 11.5 Å². The first-order chi connectivity index (χ1) is 7.15. The first-order valence-corrected chi connectivity index (χ1v) is 6.48. The molecule has 0 aliphatic carbocycles. The molecule has 1 atom stereocenters. The molecule has 0 aromatic heterocycles. The molecular formula is C12H26N2O2S. The average Bonchev–Trinajstić information content (AvgIpc) is 1.98. The highest BCUT2D eigenvalue weighted by Gasteiger charge is 2.49. The van der Waals surface area contributed by atoms with Crippen LogP contribution in [0.4, 0.5) is 0 Å². The van der Waals surface area contributed by atoms with Gasteiger partial charge in [0.15, 0.2) is 0 Å². The van der Waals surface area contributed by atoms with Crippen molar-refractivity contribution in [2.45, 2.75) is 69.0 Å². The summed E-state index contributed by atoms with van der Waals surface area (Å²) in [5.74, 6) is -0.999. The third-order valence-corrected chi connectivity index (χ3v) is 5.73. The Bertz CT molecular complexity index is 304. The van der Waals surface area contributed by atoms with E-state index in [-0.39, 0.29) is 4.75 Å². The van der Waals surface area contributed by atoms with Crippen molar-refractivity contribution in [3.8, 4) is 0 Å². The SMILES string of the molecule is CC(C)(N)C(C)(C)SC(C)(C)[C@](C)(N)C(=O)O. The smallest absolute Gasteiger partial charge is 0.324 e. The standard InChI is InChI=1S/C12H26N2O2S/c1-9(2,13)10(3,4)17-11(5,6)12(7,14)8(15)16/h13-14H2,1-7H3,(H,15,16)/t12-/m1/s1. The van der Waals surface area contributed by atoms with Crippen LogP contribution in [0, 0.1) is 0 Å². The lowest BCUT2D eigenvalue weighted by molar-refractivity contribution is -0.143. The van der Waals surface area contributed by atoms with E-state index in [1.54, 1.807) is 6.92 Å². The molecule has 0 aromatic rings. The molecule has 5 N–H and O–H groups in total. The van der Waals surface area contributed by atoms with Gasteiger partial charge >= 0.3 is 5.97 Å². The van der Waals surface area contributed by atoms with Gasteiger partial charge in [-0.1, -0.05) is 0 Å². The van der Waals surface area contributed by atoms with E-state index in [1.165, 1.54) is 11.8 Å². The predicted molar refractivity (Wildman–Crippen MR) is 74.2 cm³/mol. The van der Waals surface area contributed by atoms with E-state index < -0.39 is 21.8 Å². The van der Waals surface area contributed by atoms with Crippen LogP contribution in [0.2, 0.25) is 0 Å². The maximum absolute atomic E-state index is 11.2. The molecule has 0 aromatic carbocycles. The second kappa shape index (κ2) is 4.44. The lowest BCUT2D eigenvalue weighted by atomic mass is 9.88. The van der Waals surface area contributed by atoms with Crippen molar-refractivity contribution >= 4 is 17.7 Å². The average molecular weight is 262 g/mol. The number of hydrogen-bond donors (Lipinski definition) is 3. The van der Waals surface area contributed by atoms with Crippen molar-refractivity contribution in [1.29, 1.82) is 0 Å². The number of carboxylic acids is 1. The molecule has 0 fully saturated rings. The molecule has 4 nitrogen and oxygen atoms in total. The molecule has 0 rings (SSSR count). The topological polar surface area (TPSA) is 89.3 Å². The Kier molecular flexibility index (Phi) is 4.38. The molecule has 0 bridgehead atoms. The van der Waals surface area contributed by atoms with Gasteiger partial charge in [0.05, 0.1) is 0 Å². The minimum atomic E-state index is -1.31. The summed E-state index contributed by atoms with van der Waals surface area (Å²) in [6, 6.07) is 0. The second-order valence-electron chi connectivity index (χ2n) is 6.35. The van der Waals surface area contributed by atoms with E-state index in [9.17, 15) is 9.90 Å². The summed E-state index contributed by atoms with van der Waals surface area (Å²) in [7, 11) is 0. The van der Waals surface area contributed by atoms with Gasteiger partial charge in [-0.05, 0) is 48.5 Å². The lowest BCUT2D eigenvalue weighted by Crippen LogP contribution is -2.62. The summed E-state index contributed by atoms with van der Waals surface area (Å²) < 4.78 is -0.911. The van der Waals surface area contributed by atoms with Crippen LogP contribution in [-0.4, -0.2) is 31.6 Å². The number of nitrogens with two attached hydrogens (primary N) is 2. The van der Waals surface area contributed by atoms with Crippen LogP contribution in [0.3, 0.4) is 0 Å². The first-order valence-electron chi connectivity index (χ1n) is 5.66. The van der Waals surface area contributed by atoms with Crippen LogP contribution in [-0.2, 0) is 4.79 Å². The Morgan fingerprint density at radius 2 is 1.29 bits per heavy atom. The van der Waals surface area contributed by atoms with Crippen LogP contribution >= 0.6 is 11.8 Å². The lowest BCUT2D eigenvalue weighted by Gasteiger charge is -2.47. The van der Waals surface area contributed by atoms with Crippen molar-refractivity contribution in [3.05, 3.63) is 0 Å². The van der Waals surface area contributed by atoms with E-state index in [0.29, 0.717) is 0 Å². The van der Waals surface area contributed by atoms with E-state index in [1.807, 2.05) is 41.5 Å². The monoisotopic (exact) mass is 262 g/mol. The van der Waals surface area contributed by atoms with Crippen LogP contribution < -0.4 is 11.5 Å². The molecule has 0 aliphatic heterocycles. The van der Waals surface area contributed by atoms with E-state index in [2.05, 4.69) is 0 Å². The Balaban J connectivity index is 5.20. The summed E-state index contributed by atoms with van der Waals surface area (Å²) >= 11 is 1.52. The van der Waals surface area contributed by atoms with Gasteiger partial charge in [0, 0.05) is 15.0 Å². The molecule has 0 amide bonds. The molecule has 0 saturated heterocycles. The maximum atomic E-state index is 11.2. The van der Waals surface area contributed by atoms with Crippen LogP contribution in [0.15, 0.2) is 0 Å². The minimum Gasteiger partial charge on any atom is -0.480 e. The number of carbonyl (C=O) groups is 1. The number of rotatable bonds is 5. The van der Waals surface area contributed by atoms with Gasteiger partial charge < -0.3 is 16.6 Å². The molecule has 0 saturated carbocycles. The van der Waals surface area contributed by atoms with Crippen LogP contribution in [0.1, 0.15) is 48.5 Å². The molecule has 0 spiro atoms. The third kappa shape index (κ3) is 3.36. The quantitative estimate of drug-likeness (QED) is 0.703. The zero-order valence-electron chi connectivity index (χ0n) is 11.9. The molecule has 0 aliphatic rings. The molecule has 17 heavy (non-hydrogen) atoms. The predicted octanol–water partition coefficient (Wildman–Crippen LogP) is 1.82. The fourth-order valence-corrected chi connectivity index (χ4v) is 2.97. The van der Waals surface area contributed by atoms with Gasteiger partial charge in [-0.15, -0.1) is 11.8 Å². The minimum absolute atomic E-state index is 0.285. The Morgan fingerprint density at radius 3 is 1.53 bits per heavy atom. The molecule has 102 valence electrons. The Labute approximate surface area is 109 Å². The molecule has 0 radical (unpaired) electrons. The number of aliphatic carboxylic acids is 1. The first kappa shape index (κ1) is 16.7. The zero-order chi connectivity index (χ0) is 14.3. The zero-order valence-corrected chi connectivity index (χ0v) is 12.7. The van der Waals surface area contributed by atoms with E-state index >= 15 is 0 Å². The van der Waals surface area contributed by atoms with Crippen molar-refractivity contribution < 1.29 is 9.90 Å². The summed E-state index contributed by atoms with van der Waals surface area (Å²) in [5, 5.41) is 9.21. The summed E-state index contributed by atoms with van der Waals surface area (Å²) in [6.45, 7) is 13.1.